The average Bonchev–Trinajstić information content (AvgIpc) is 2.28. The number of rotatable bonds is 2. The van der Waals surface area contributed by atoms with Crippen LogP contribution in [0.1, 0.15) is 34.1 Å². The summed E-state index contributed by atoms with van der Waals surface area (Å²) < 4.78 is 5.02. The molecule has 0 aromatic rings. The van der Waals surface area contributed by atoms with Crippen LogP contribution in [0.15, 0.2) is 0 Å². The topological polar surface area (TPSA) is 38.3 Å². The van der Waals surface area contributed by atoms with E-state index in [-0.39, 0.29) is 11.4 Å². The van der Waals surface area contributed by atoms with Crippen molar-refractivity contribution in [2.75, 3.05) is 13.2 Å². The Balaban J connectivity index is 2.64. The van der Waals surface area contributed by atoms with Gasteiger partial charge in [-0.05, 0) is 25.7 Å². The quantitative estimate of drug-likeness (QED) is 0.659. The standard InChI is InChI=1S/C10H19NO2/c1-5-13-8(12)10(4)6-9(2,3)7-11-10/h11H,5-7H2,1-4H3. The summed E-state index contributed by atoms with van der Waals surface area (Å²) >= 11 is 0. The number of hydrogen-bond donors (Lipinski definition) is 1. The molecule has 1 fully saturated rings. The molecular weight excluding hydrogens is 166 g/mol. The lowest BCUT2D eigenvalue weighted by atomic mass is 9.85. The lowest BCUT2D eigenvalue weighted by molar-refractivity contribution is -0.150. The molecule has 0 aromatic carbocycles. The molecule has 1 aliphatic rings. The second-order valence-corrected chi connectivity index (χ2v) is 4.75. The van der Waals surface area contributed by atoms with E-state index in [1.54, 1.807) is 0 Å². The molecule has 1 aliphatic heterocycles. The van der Waals surface area contributed by atoms with Crippen LogP contribution in [0.4, 0.5) is 0 Å². The maximum Gasteiger partial charge on any atom is 0.326 e. The van der Waals surface area contributed by atoms with Gasteiger partial charge in [0.05, 0.1) is 6.61 Å². The molecule has 1 atom stereocenters. The number of nitrogens with one attached hydrogen (secondary N) is 1. The molecule has 0 amide bonds. The second-order valence-electron chi connectivity index (χ2n) is 4.75. The number of esters is 1. The summed E-state index contributed by atoms with van der Waals surface area (Å²) in [5.41, 5.74) is -0.277. The summed E-state index contributed by atoms with van der Waals surface area (Å²) in [6.07, 6.45) is 0.846. The van der Waals surface area contributed by atoms with E-state index >= 15 is 0 Å². The van der Waals surface area contributed by atoms with E-state index in [4.69, 9.17) is 4.74 Å². The van der Waals surface area contributed by atoms with Crippen LogP contribution in [0.3, 0.4) is 0 Å². The molecule has 0 saturated carbocycles. The van der Waals surface area contributed by atoms with Gasteiger partial charge in [0.2, 0.25) is 0 Å². The van der Waals surface area contributed by atoms with Gasteiger partial charge in [-0.2, -0.15) is 0 Å². The van der Waals surface area contributed by atoms with Crippen molar-refractivity contribution in [2.45, 2.75) is 39.7 Å². The Morgan fingerprint density at radius 2 is 2.08 bits per heavy atom. The highest BCUT2D eigenvalue weighted by atomic mass is 16.5. The highest BCUT2D eigenvalue weighted by molar-refractivity contribution is 5.80. The molecule has 1 saturated heterocycles. The minimum absolute atomic E-state index is 0.124. The number of hydrogen-bond acceptors (Lipinski definition) is 3. The maximum atomic E-state index is 11.6. The largest absolute Gasteiger partial charge is 0.465 e. The molecule has 0 radical (unpaired) electrons. The second kappa shape index (κ2) is 3.29. The zero-order valence-corrected chi connectivity index (χ0v) is 8.94. The third kappa shape index (κ3) is 2.21. The van der Waals surface area contributed by atoms with Gasteiger partial charge in [-0.1, -0.05) is 13.8 Å². The fourth-order valence-electron chi connectivity index (χ4n) is 1.95. The maximum absolute atomic E-state index is 11.6. The van der Waals surface area contributed by atoms with Gasteiger partial charge in [-0.25, -0.2) is 0 Å². The highest BCUT2D eigenvalue weighted by Gasteiger charge is 2.45. The minimum atomic E-state index is -0.473. The first-order valence-corrected chi connectivity index (χ1v) is 4.82. The Morgan fingerprint density at radius 3 is 2.46 bits per heavy atom. The van der Waals surface area contributed by atoms with Crippen LogP contribution in [0.2, 0.25) is 0 Å². The molecule has 0 spiro atoms. The van der Waals surface area contributed by atoms with Crippen molar-refractivity contribution in [3.63, 3.8) is 0 Å². The first-order chi connectivity index (χ1) is 5.90. The van der Waals surface area contributed by atoms with Crippen LogP contribution in [-0.2, 0) is 9.53 Å². The molecule has 1 heterocycles. The van der Waals surface area contributed by atoms with Crippen molar-refractivity contribution in [2.24, 2.45) is 5.41 Å². The molecule has 1 unspecified atom stereocenters. The predicted molar refractivity (Wildman–Crippen MR) is 51.4 cm³/mol. The number of carbonyl (C=O) groups is 1. The van der Waals surface area contributed by atoms with Gasteiger partial charge in [0.1, 0.15) is 5.54 Å². The van der Waals surface area contributed by atoms with Crippen molar-refractivity contribution in [3.8, 4) is 0 Å². The molecule has 3 heteroatoms. The zero-order valence-electron chi connectivity index (χ0n) is 8.94. The predicted octanol–water partition coefficient (Wildman–Crippen LogP) is 1.33. The monoisotopic (exact) mass is 185 g/mol. The van der Waals surface area contributed by atoms with Gasteiger partial charge >= 0.3 is 5.97 Å². The summed E-state index contributed by atoms with van der Waals surface area (Å²) in [6, 6.07) is 0. The van der Waals surface area contributed by atoms with Gasteiger partial charge < -0.3 is 10.1 Å². The van der Waals surface area contributed by atoms with Crippen molar-refractivity contribution in [1.29, 1.82) is 0 Å². The van der Waals surface area contributed by atoms with Crippen LogP contribution >= 0.6 is 0 Å². The Bertz CT molecular complexity index is 213. The van der Waals surface area contributed by atoms with Crippen molar-refractivity contribution in [3.05, 3.63) is 0 Å². The Kier molecular flexibility index (Phi) is 2.66. The summed E-state index contributed by atoms with van der Waals surface area (Å²) in [5, 5.41) is 3.23. The van der Waals surface area contributed by atoms with Crippen LogP contribution in [0.25, 0.3) is 0 Å². The molecule has 3 nitrogen and oxygen atoms in total. The average molecular weight is 185 g/mol. The van der Waals surface area contributed by atoms with Crippen molar-refractivity contribution < 1.29 is 9.53 Å². The van der Waals surface area contributed by atoms with E-state index in [1.165, 1.54) is 0 Å². The number of ether oxygens (including phenoxy) is 1. The summed E-state index contributed by atoms with van der Waals surface area (Å²) in [5.74, 6) is -0.124. The first kappa shape index (κ1) is 10.5. The van der Waals surface area contributed by atoms with E-state index in [2.05, 4.69) is 19.2 Å². The van der Waals surface area contributed by atoms with Gasteiger partial charge in [0.15, 0.2) is 0 Å². The van der Waals surface area contributed by atoms with E-state index in [0.717, 1.165) is 13.0 Å². The normalized spacial score (nSPS) is 31.7. The number of carbonyl (C=O) groups excluding carboxylic acids is 1. The lowest BCUT2D eigenvalue weighted by Crippen LogP contribution is -2.45. The molecule has 0 aliphatic carbocycles. The minimum Gasteiger partial charge on any atom is -0.465 e. The lowest BCUT2D eigenvalue weighted by Gasteiger charge is -2.23. The summed E-state index contributed by atoms with van der Waals surface area (Å²) in [4.78, 5) is 11.6. The van der Waals surface area contributed by atoms with E-state index in [0.29, 0.717) is 6.61 Å². The van der Waals surface area contributed by atoms with Gasteiger partial charge in [-0.15, -0.1) is 0 Å². The third-order valence-electron chi connectivity index (χ3n) is 2.52. The third-order valence-corrected chi connectivity index (χ3v) is 2.52. The zero-order chi connectivity index (χ0) is 10.1. The van der Waals surface area contributed by atoms with Gasteiger partial charge in [0.25, 0.3) is 0 Å². The van der Waals surface area contributed by atoms with Crippen LogP contribution < -0.4 is 5.32 Å². The first-order valence-electron chi connectivity index (χ1n) is 4.82. The van der Waals surface area contributed by atoms with E-state index in [9.17, 15) is 4.79 Å². The van der Waals surface area contributed by atoms with Crippen LogP contribution in [0, 0.1) is 5.41 Å². The molecule has 1 N–H and O–H groups in total. The molecule has 76 valence electrons. The Labute approximate surface area is 79.8 Å². The van der Waals surface area contributed by atoms with E-state index < -0.39 is 5.54 Å². The van der Waals surface area contributed by atoms with Gasteiger partial charge in [0, 0.05) is 6.54 Å². The van der Waals surface area contributed by atoms with Crippen LogP contribution in [-0.4, -0.2) is 24.7 Å². The molecule has 0 aromatic heterocycles. The molecule has 13 heavy (non-hydrogen) atoms. The molecule has 1 rings (SSSR count). The summed E-state index contributed by atoms with van der Waals surface area (Å²) in [6.45, 7) is 9.40. The molecule has 0 bridgehead atoms. The molecular formula is C10H19NO2. The van der Waals surface area contributed by atoms with Crippen molar-refractivity contribution in [1.82, 2.24) is 5.32 Å². The fraction of sp³-hybridized carbons (Fsp3) is 0.900. The smallest absolute Gasteiger partial charge is 0.326 e. The van der Waals surface area contributed by atoms with Crippen molar-refractivity contribution >= 4 is 5.97 Å². The fourth-order valence-corrected chi connectivity index (χ4v) is 1.95. The van der Waals surface area contributed by atoms with E-state index in [1.807, 2.05) is 13.8 Å². The SMILES string of the molecule is CCOC(=O)C1(C)CC(C)(C)CN1. The van der Waals surface area contributed by atoms with Gasteiger partial charge in [-0.3, -0.25) is 4.79 Å². The summed E-state index contributed by atoms with van der Waals surface area (Å²) in [7, 11) is 0. The van der Waals surface area contributed by atoms with Crippen LogP contribution in [0.5, 0.6) is 0 Å². The Hall–Kier alpha value is -0.570. The highest BCUT2D eigenvalue weighted by Crippen LogP contribution is 2.34. The Morgan fingerprint density at radius 1 is 1.46 bits per heavy atom.